The predicted octanol–water partition coefficient (Wildman–Crippen LogP) is 5.74. The van der Waals surface area contributed by atoms with E-state index in [1.807, 2.05) is 13.8 Å². The Labute approximate surface area is 265 Å². The molecule has 238 valence electrons. The third-order valence-electron chi connectivity index (χ3n) is 7.65. The molecule has 0 saturated heterocycles. The third-order valence-corrected chi connectivity index (χ3v) is 7.65. The molecule has 0 spiro atoms. The molecular weight excluding hydrogens is 612 g/mol. The predicted molar refractivity (Wildman–Crippen MR) is 167 cm³/mol. The van der Waals surface area contributed by atoms with E-state index in [2.05, 4.69) is 0 Å². The van der Waals surface area contributed by atoms with Crippen molar-refractivity contribution in [1.29, 1.82) is 0 Å². The van der Waals surface area contributed by atoms with Crippen LogP contribution in [0.15, 0.2) is 65.6 Å². The van der Waals surface area contributed by atoms with Gasteiger partial charge < -0.3 is 50.3 Å². The van der Waals surface area contributed by atoms with Gasteiger partial charge in [-0.3, -0.25) is 9.59 Å². The first kappa shape index (κ1) is 30.5. The first-order valence-electron chi connectivity index (χ1n) is 14.0. The standard InChI is InChI=1S/C35H26O12/c1-14(2)3-5-17-20(37)12-25-30(32(17)42)34(44)28(47-25)10-16-9-22(39)23(40)11-18(16)29-24(41)13-26-31(35(29)45)33(43)27(46-26)8-15-4-6-19(36)21(38)7-15/h3-4,6-13,36-42,45H,5H2,1-2H3/b27-8+,28-10+. The van der Waals surface area contributed by atoms with Crippen LogP contribution in [-0.2, 0) is 6.42 Å². The molecule has 0 saturated carbocycles. The fourth-order valence-corrected chi connectivity index (χ4v) is 5.29. The molecular formula is C35H26O12. The Balaban J connectivity index is 1.43. The highest BCUT2D eigenvalue weighted by molar-refractivity contribution is 6.18. The smallest absolute Gasteiger partial charge is 0.235 e. The van der Waals surface area contributed by atoms with Gasteiger partial charge in [0.15, 0.2) is 34.5 Å². The number of phenols is 8. The number of rotatable bonds is 5. The quantitative estimate of drug-likeness (QED) is 0.0746. The number of carbonyl (C=O) groups is 2. The zero-order chi connectivity index (χ0) is 33.9. The number of ketones is 2. The number of phenolic OH excluding ortho intramolecular Hbond substituents is 8. The average Bonchev–Trinajstić information content (AvgIpc) is 3.47. The lowest BCUT2D eigenvalue weighted by atomic mass is 9.93. The minimum atomic E-state index is -0.793. The average molecular weight is 639 g/mol. The number of carbonyl (C=O) groups excluding carboxylic acids is 2. The molecule has 2 heterocycles. The summed E-state index contributed by atoms with van der Waals surface area (Å²) in [6.07, 6.45) is 4.28. The van der Waals surface area contributed by atoms with Crippen molar-refractivity contribution in [3.8, 4) is 68.6 Å². The maximum absolute atomic E-state index is 13.4. The van der Waals surface area contributed by atoms with E-state index in [0.717, 1.165) is 29.8 Å². The molecule has 2 aliphatic heterocycles. The highest BCUT2D eigenvalue weighted by Gasteiger charge is 2.36. The van der Waals surface area contributed by atoms with Gasteiger partial charge >= 0.3 is 0 Å². The van der Waals surface area contributed by atoms with E-state index in [9.17, 15) is 50.4 Å². The third kappa shape index (κ3) is 5.17. The van der Waals surface area contributed by atoms with Crippen molar-refractivity contribution in [2.24, 2.45) is 0 Å². The van der Waals surface area contributed by atoms with Crippen LogP contribution in [0.4, 0.5) is 0 Å². The van der Waals surface area contributed by atoms with E-state index in [1.165, 1.54) is 30.3 Å². The Bertz CT molecular complexity index is 2150. The number of aromatic hydroxyl groups is 8. The summed E-state index contributed by atoms with van der Waals surface area (Å²) in [4.78, 5) is 26.8. The molecule has 6 rings (SSSR count). The summed E-state index contributed by atoms with van der Waals surface area (Å²) in [6, 6.07) is 8.05. The molecule has 0 atom stereocenters. The van der Waals surface area contributed by atoms with Gasteiger partial charge in [-0.1, -0.05) is 17.7 Å². The van der Waals surface area contributed by atoms with Gasteiger partial charge in [0.05, 0.1) is 5.56 Å². The maximum Gasteiger partial charge on any atom is 0.235 e. The van der Waals surface area contributed by atoms with Crippen LogP contribution in [0, 0.1) is 0 Å². The zero-order valence-electron chi connectivity index (χ0n) is 24.7. The second-order valence-corrected chi connectivity index (χ2v) is 11.1. The van der Waals surface area contributed by atoms with Crippen LogP contribution < -0.4 is 9.47 Å². The number of hydrogen-bond donors (Lipinski definition) is 8. The lowest BCUT2D eigenvalue weighted by Crippen LogP contribution is -2.00. The zero-order valence-corrected chi connectivity index (χ0v) is 24.7. The molecule has 0 unspecified atom stereocenters. The second kappa shape index (κ2) is 11.1. The number of allylic oxidation sites excluding steroid dienone is 4. The summed E-state index contributed by atoms with van der Waals surface area (Å²) in [5.41, 5.74) is 0.207. The van der Waals surface area contributed by atoms with Crippen molar-refractivity contribution in [2.75, 3.05) is 0 Å². The number of benzene rings is 4. The van der Waals surface area contributed by atoms with Crippen LogP contribution in [0.3, 0.4) is 0 Å². The van der Waals surface area contributed by atoms with Gasteiger partial charge in [-0.05, 0) is 67.8 Å². The van der Waals surface area contributed by atoms with Crippen LogP contribution >= 0.6 is 0 Å². The highest BCUT2D eigenvalue weighted by atomic mass is 16.5. The topological polar surface area (TPSA) is 214 Å². The largest absolute Gasteiger partial charge is 0.507 e. The normalized spacial score (nSPS) is 15.0. The van der Waals surface area contributed by atoms with E-state index in [0.29, 0.717) is 0 Å². The molecule has 0 radical (unpaired) electrons. The van der Waals surface area contributed by atoms with Gasteiger partial charge in [0.1, 0.15) is 45.6 Å². The minimum Gasteiger partial charge on any atom is -0.507 e. The van der Waals surface area contributed by atoms with Crippen LogP contribution in [0.5, 0.6) is 57.5 Å². The Morgan fingerprint density at radius 3 is 1.83 bits per heavy atom. The minimum absolute atomic E-state index is 0.0582. The summed E-state index contributed by atoms with van der Waals surface area (Å²) >= 11 is 0. The van der Waals surface area contributed by atoms with Crippen molar-refractivity contribution in [3.05, 3.63) is 93.4 Å². The first-order valence-corrected chi connectivity index (χ1v) is 14.0. The summed E-state index contributed by atoms with van der Waals surface area (Å²) < 4.78 is 11.2. The van der Waals surface area contributed by atoms with E-state index in [-0.39, 0.29) is 79.9 Å². The van der Waals surface area contributed by atoms with Gasteiger partial charge in [-0.2, -0.15) is 0 Å². The fourth-order valence-electron chi connectivity index (χ4n) is 5.29. The van der Waals surface area contributed by atoms with Crippen molar-refractivity contribution in [3.63, 3.8) is 0 Å². The summed E-state index contributed by atoms with van der Waals surface area (Å²) in [6.45, 7) is 3.67. The monoisotopic (exact) mass is 638 g/mol. The second-order valence-electron chi connectivity index (χ2n) is 11.1. The molecule has 0 aromatic heterocycles. The van der Waals surface area contributed by atoms with Crippen LogP contribution in [0.1, 0.15) is 51.3 Å². The van der Waals surface area contributed by atoms with Crippen molar-refractivity contribution < 1.29 is 59.9 Å². The number of fused-ring (bicyclic) bond motifs is 2. The molecule has 12 heteroatoms. The summed E-state index contributed by atoms with van der Waals surface area (Å²) in [5, 5.41) is 83.7. The number of ether oxygens (including phenoxy) is 2. The lowest BCUT2D eigenvalue weighted by molar-refractivity contribution is 0.100. The van der Waals surface area contributed by atoms with Crippen LogP contribution in [-0.4, -0.2) is 52.4 Å². The van der Waals surface area contributed by atoms with E-state index >= 15 is 0 Å². The maximum atomic E-state index is 13.4. The molecule has 0 bridgehead atoms. The van der Waals surface area contributed by atoms with Gasteiger partial charge in [0, 0.05) is 23.3 Å². The van der Waals surface area contributed by atoms with Gasteiger partial charge in [-0.25, -0.2) is 0 Å². The molecule has 4 aromatic carbocycles. The van der Waals surface area contributed by atoms with E-state index in [4.69, 9.17) is 9.47 Å². The van der Waals surface area contributed by atoms with Crippen LogP contribution in [0.25, 0.3) is 23.3 Å². The molecule has 0 aliphatic carbocycles. The Hall–Kier alpha value is -6.56. The summed E-state index contributed by atoms with van der Waals surface area (Å²) in [5.74, 6) is -6.76. The molecule has 4 aromatic rings. The van der Waals surface area contributed by atoms with E-state index < -0.39 is 46.1 Å². The number of Topliss-reactive ketones (excluding diaryl/α,β-unsaturated/α-hetero) is 2. The highest BCUT2D eigenvalue weighted by Crippen LogP contribution is 2.51. The van der Waals surface area contributed by atoms with Crippen molar-refractivity contribution in [1.82, 2.24) is 0 Å². The molecule has 0 fully saturated rings. The molecule has 2 aliphatic rings. The Morgan fingerprint density at radius 2 is 1.19 bits per heavy atom. The molecule has 8 N–H and O–H groups in total. The Morgan fingerprint density at radius 1 is 0.617 bits per heavy atom. The first-order chi connectivity index (χ1) is 22.2. The number of hydrogen-bond acceptors (Lipinski definition) is 12. The van der Waals surface area contributed by atoms with E-state index in [1.54, 1.807) is 6.08 Å². The van der Waals surface area contributed by atoms with Crippen molar-refractivity contribution in [2.45, 2.75) is 20.3 Å². The SMILES string of the molecule is CC(C)=CCc1c(O)cc2c(c1O)C(=O)/C(=C\c1cc(O)c(O)cc1-c1c(O)cc3c(c1O)C(=O)/C(=C\c1ccc(O)c(O)c1)O3)O2. The summed E-state index contributed by atoms with van der Waals surface area (Å²) in [7, 11) is 0. The van der Waals surface area contributed by atoms with Crippen molar-refractivity contribution >= 4 is 23.7 Å². The lowest BCUT2D eigenvalue weighted by Gasteiger charge is -2.14. The van der Waals surface area contributed by atoms with Gasteiger partial charge in [-0.15, -0.1) is 0 Å². The van der Waals surface area contributed by atoms with Gasteiger partial charge in [0.25, 0.3) is 0 Å². The molecule has 0 amide bonds. The van der Waals surface area contributed by atoms with Gasteiger partial charge in [0.2, 0.25) is 11.6 Å². The fraction of sp³-hybridized carbons (Fsp3) is 0.0857. The Kier molecular flexibility index (Phi) is 7.20. The van der Waals surface area contributed by atoms with Crippen LogP contribution in [0.2, 0.25) is 0 Å². The molecule has 47 heavy (non-hydrogen) atoms. The molecule has 12 nitrogen and oxygen atoms in total.